The van der Waals surface area contributed by atoms with Crippen molar-refractivity contribution in [3.05, 3.63) is 46.4 Å². The van der Waals surface area contributed by atoms with Gasteiger partial charge in [0.2, 0.25) is 5.91 Å². The van der Waals surface area contributed by atoms with Crippen molar-refractivity contribution >= 4 is 29.0 Å². The summed E-state index contributed by atoms with van der Waals surface area (Å²) in [6.07, 6.45) is 4.45. The van der Waals surface area contributed by atoms with Crippen LogP contribution in [0.15, 0.2) is 41.1 Å². The molecule has 1 aliphatic rings. The Morgan fingerprint density at radius 1 is 1.30 bits per heavy atom. The van der Waals surface area contributed by atoms with Crippen molar-refractivity contribution in [1.29, 1.82) is 0 Å². The molecule has 1 atom stereocenters. The number of nitrogens with zero attached hydrogens (tertiary/aromatic N) is 5. The summed E-state index contributed by atoms with van der Waals surface area (Å²) in [5, 5.41) is 11.4. The Morgan fingerprint density at radius 3 is 2.89 bits per heavy atom. The minimum absolute atomic E-state index is 0.160. The molecule has 8 heteroatoms. The maximum atomic E-state index is 13.0. The van der Waals surface area contributed by atoms with Crippen molar-refractivity contribution in [3.8, 4) is 11.4 Å². The number of fused-ring (bicyclic) bond motifs is 1. The molecule has 0 saturated heterocycles. The molecular weight excluding hydrogens is 378 g/mol. The molecule has 4 rings (SSSR count). The number of thioether (sulfide) groups is 1. The van der Waals surface area contributed by atoms with E-state index in [9.17, 15) is 4.79 Å². The molecule has 0 bridgehead atoms. The number of amides is 1. The van der Waals surface area contributed by atoms with Crippen LogP contribution in [0, 0.1) is 0 Å². The molecule has 0 aromatic carbocycles. The number of hydrogen-bond donors (Lipinski definition) is 0. The molecular formula is C19H21N5OS2. The lowest BCUT2D eigenvalue weighted by Crippen LogP contribution is -2.39. The SMILES string of the molecule is CCn1c(SC(C)C(=O)N2CCc3sccc3C2)nnc1-c1ccncc1. The van der Waals surface area contributed by atoms with Gasteiger partial charge in [0, 0.05) is 42.5 Å². The first-order chi connectivity index (χ1) is 13.2. The normalized spacial score (nSPS) is 14.8. The fourth-order valence-corrected chi connectivity index (χ4v) is 5.16. The lowest BCUT2D eigenvalue weighted by Gasteiger charge is -2.29. The van der Waals surface area contributed by atoms with Gasteiger partial charge in [0.1, 0.15) is 0 Å². The fraction of sp³-hybridized carbons (Fsp3) is 0.368. The minimum Gasteiger partial charge on any atom is -0.337 e. The lowest BCUT2D eigenvalue weighted by molar-refractivity contribution is -0.131. The zero-order chi connectivity index (χ0) is 18.8. The van der Waals surface area contributed by atoms with Crippen LogP contribution >= 0.6 is 23.1 Å². The second-order valence-electron chi connectivity index (χ2n) is 6.43. The molecule has 0 fully saturated rings. The minimum atomic E-state index is -0.204. The third-order valence-electron chi connectivity index (χ3n) is 4.72. The Labute approximate surface area is 166 Å². The van der Waals surface area contributed by atoms with E-state index in [0.29, 0.717) is 6.54 Å². The van der Waals surface area contributed by atoms with E-state index in [1.165, 1.54) is 22.2 Å². The summed E-state index contributed by atoms with van der Waals surface area (Å²) in [5.74, 6) is 0.968. The average Bonchev–Trinajstić information content (AvgIpc) is 3.33. The third kappa shape index (κ3) is 3.64. The van der Waals surface area contributed by atoms with Gasteiger partial charge in [0.25, 0.3) is 0 Å². The summed E-state index contributed by atoms with van der Waals surface area (Å²) in [6, 6.07) is 5.97. The van der Waals surface area contributed by atoms with Gasteiger partial charge in [-0.05, 0) is 49.4 Å². The molecule has 0 N–H and O–H groups in total. The lowest BCUT2D eigenvalue weighted by atomic mass is 10.1. The molecule has 1 unspecified atom stereocenters. The molecule has 4 heterocycles. The van der Waals surface area contributed by atoms with Gasteiger partial charge in [-0.1, -0.05) is 11.8 Å². The second kappa shape index (κ2) is 7.82. The van der Waals surface area contributed by atoms with Gasteiger partial charge < -0.3 is 9.47 Å². The van der Waals surface area contributed by atoms with Crippen molar-refractivity contribution in [2.45, 2.75) is 43.8 Å². The van der Waals surface area contributed by atoms with Crippen molar-refractivity contribution in [1.82, 2.24) is 24.6 Å². The summed E-state index contributed by atoms with van der Waals surface area (Å²) in [7, 11) is 0. The number of thiophene rings is 1. The topological polar surface area (TPSA) is 63.9 Å². The summed E-state index contributed by atoms with van der Waals surface area (Å²) in [6.45, 7) is 6.27. The van der Waals surface area contributed by atoms with Crippen LogP contribution in [0.5, 0.6) is 0 Å². The van der Waals surface area contributed by atoms with Crippen LogP contribution in [0.1, 0.15) is 24.3 Å². The Kier molecular flexibility index (Phi) is 5.27. The van der Waals surface area contributed by atoms with Gasteiger partial charge in [-0.25, -0.2) is 0 Å². The highest BCUT2D eigenvalue weighted by atomic mass is 32.2. The maximum Gasteiger partial charge on any atom is 0.236 e. The first kappa shape index (κ1) is 18.2. The van der Waals surface area contributed by atoms with Gasteiger partial charge in [0.05, 0.1) is 5.25 Å². The standard InChI is InChI=1S/C19H21N5OS2/c1-3-24-17(14-4-8-20-9-5-14)21-22-19(24)27-13(2)18(25)23-10-6-16-15(12-23)7-11-26-16/h4-5,7-9,11,13H,3,6,10,12H2,1-2H3. The largest absolute Gasteiger partial charge is 0.337 e. The summed E-state index contributed by atoms with van der Waals surface area (Å²) in [4.78, 5) is 20.4. The van der Waals surface area contributed by atoms with Crippen LogP contribution in [0.4, 0.5) is 0 Å². The number of hydrogen-bond acceptors (Lipinski definition) is 6. The number of pyridine rings is 1. The second-order valence-corrected chi connectivity index (χ2v) is 8.73. The van der Waals surface area contributed by atoms with Crippen molar-refractivity contribution in [2.24, 2.45) is 0 Å². The maximum absolute atomic E-state index is 13.0. The quantitative estimate of drug-likeness (QED) is 0.615. The number of rotatable bonds is 5. The van der Waals surface area contributed by atoms with Crippen LogP contribution in [0.3, 0.4) is 0 Å². The van der Waals surface area contributed by atoms with E-state index in [-0.39, 0.29) is 11.2 Å². The Morgan fingerprint density at radius 2 is 2.11 bits per heavy atom. The zero-order valence-electron chi connectivity index (χ0n) is 15.3. The smallest absolute Gasteiger partial charge is 0.236 e. The molecule has 0 radical (unpaired) electrons. The summed E-state index contributed by atoms with van der Waals surface area (Å²) >= 11 is 3.27. The third-order valence-corrected chi connectivity index (χ3v) is 6.81. The molecule has 0 saturated carbocycles. The first-order valence-electron chi connectivity index (χ1n) is 9.01. The highest BCUT2D eigenvalue weighted by Crippen LogP contribution is 2.29. The predicted molar refractivity (Wildman–Crippen MR) is 108 cm³/mol. The molecule has 0 spiro atoms. The van der Waals surface area contributed by atoms with E-state index in [1.807, 2.05) is 24.0 Å². The molecule has 140 valence electrons. The van der Waals surface area contributed by atoms with E-state index >= 15 is 0 Å². The molecule has 6 nitrogen and oxygen atoms in total. The van der Waals surface area contributed by atoms with E-state index in [0.717, 1.165) is 36.1 Å². The molecule has 0 aliphatic carbocycles. The molecule has 3 aromatic rings. The Hall–Kier alpha value is -2.19. The Balaban J connectivity index is 1.49. The van der Waals surface area contributed by atoms with Gasteiger partial charge in [0.15, 0.2) is 11.0 Å². The molecule has 27 heavy (non-hydrogen) atoms. The van der Waals surface area contributed by atoms with Crippen LogP contribution < -0.4 is 0 Å². The van der Waals surface area contributed by atoms with Crippen molar-refractivity contribution in [2.75, 3.05) is 6.54 Å². The number of carbonyl (C=O) groups is 1. The fourth-order valence-electron chi connectivity index (χ4n) is 3.28. The summed E-state index contributed by atoms with van der Waals surface area (Å²) in [5.41, 5.74) is 2.26. The highest BCUT2D eigenvalue weighted by molar-refractivity contribution is 8.00. The molecule has 3 aromatic heterocycles. The van der Waals surface area contributed by atoms with Crippen molar-refractivity contribution < 1.29 is 4.79 Å². The molecule has 1 aliphatic heterocycles. The van der Waals surface area contributed by atoms with Gasteiger partial charge in [-0.15, -0.1) is 21.5 Å². The van der Waals surface area contributed by atoms with Gasteiger partial charge in [-0.2, -0.15) is 0 Å². The van der Waals surface area contributed by atoms with E-state index in [4.69, 9.17) is 0 Å². The average molecular weight is 400 g/mol. The first-order valence-corrected chi connectivity index (χ1v) is 10.8. The number of carbonyl (C=O) groups excluding carboxylic acids is 1. The van der Waals surface area contributed by atoms with Crippen molar-refractivity contribution in [3.63, 3.8) is 0 Å². The van der Waals surface area contributed by atoms with Crippen LogP contribution in [-0.4, -0.2) is 42.4 Å². The van der Waals surface area contributed by atoms with Crippen LogP contribution in [0.25, 0.3) is 11.4 Å². The van der Waals surface area contributed by atoms with E-state index in [1.54, 1.807) is 23.7 Å². The zero-order valence-corrected chi connectivity index (χ0v) is 17.0. The van der Waals surface area contributed by atoms with E-state index < -0.39 is 0 Å². The monoisotopic (exact) mass is 399 g/mol. The van der Waals surface area contributed by atoms with Crippen LogP contribution in [0.2, 0.25) is 0 Å². The molecule has 1 amide bonds. The van der Waals surface area contributed by atoms with Gasteiger partial charge in [-0.3, -0.25) is 9.78 Å². The summed E-state index contributed by atoms with van der Waals surface area (Å²) < 4.78 is 2.05. The highest BCUT2D eigenvalue weighted by Gasteiger charge is 2.27. The Bertz CT molecular complexity index is 937. The van der Waals surface area contributed by atoms with Gasteiger partial charge >= 0.3 is 0 Å². The number of aromatic nitrogens is 4. The van der Waals surface area contributed by atoms with E-state index in [2.05, 4.69) is 38.1 Å². The van der Waals surface area contributed by atoms with Crippen LogP contribution in [-0.2, 0) is 24.3 Å². The predicted octanol–water partition coefficient (Wildman–Crippen LogP) is 3.49.